The van der Waals surface area contributed by atoms with Gasteiger partial charge in [-0.15, -0.1) is 0 Å². The summed E-state index contributed by atoms with van der Waals surface area (Å²) in [6.07, 6.45) is 4.85. The molecule has 2 heterocycles. The number of benzene rings is 3. The van der Waals surface area contributed by atoms with Crippen LogP contribution in [-0.2, 0) is 25.3 Å². The molecule has 1 aliphatic carbocycles. The van der Waals surface area contributed by atoms with E-state index in [4.69, 9.17) is 28.9 Å². The highest BCUT2D eigenvalue weighted by molar-refractivity contribution is 7.92. The molecule has 45 heavy (non-hydrogen) atoms. The van der Waals surface area contributed by atoms with Crippen LogP contribution < -0.4 is 10.0 Å². The molecular formula is C31H31ClFN3O6S3. The summed E-state index contributed by atoms with van der Waals surface area (Å²) >= 11 is 12.1. The molecule has 9 nitrogen and oxygen atoms in total. The maximum atomic E-state index is 14.4. The number of aromatic carboxylic acids is 1. The average molecular weight is 692 g/mol. The van der Waals surface area contributed by atoms with Gasteiger partial charge in [0, 0.05) is 30.2 Å². The fourth-order valence-electron chi connectivity index (χ4n) is 6.79. The van der Waals surface area contributed by atoms with Crippen molar-refractivity contribution >= 4 is 60.4 Å². The summed E-state index contributed by atoms with van der Waals surface area (Å²) < 4.78 is 72.1. The molecule has 3 aromatic rings. The fourth-order valence-corrected chi connectivity index (χ4v) is 10.9. The molecule has 238 valence electrons. The summed E-state index contributed by atoms with van der Waals surface area (Å²) in [7, 11) is -8.46. The number of likely N-dealkylation sites (tertiary alicyclic amines) is 1. The number of carbonyl (C=O) groups is 1. The molecule has 3 aromatic carbocycles. The van der Waals surface area contributed by atoms with Crippen molar-refractivity contribution in [1.29, 1.82) is 0 Å². The standard InChI is InChI=1S/C31H31ClFN3O6S3/c32-25-17-24-27(44(39,40)26-16-20(33)6-9-23(26)31(24)12-2-1-3-13-31)18-28(25)45(41,42)35-22-10-14-36(15-11-22)30(43)34-21-7-4-19(5-8-21)29(37)38/h4-9,16-18,22,35H,1-3,10-15H2,(H,34,43)(H,37,38). The molecule has 3 aliphatic rings. The molecule has 1 spiro atoms. The van der Waals surface area contributed by atoms with Crippen LogP contribution >= 0.6 is 23.8 Å². The number of fused-ring (bicyclic) bond motifs is 4. The van der Waals surface area contributed by atoms with Crippen LogP contribution in [0.2, 0.25) is 5.02 Å². The van der Waals surface area contributed by atoms with E-state index in [1.54, 1.807) is 18.2 Å². The lowest BCUT2D eigenvalue weighted by Gasteiger charge is -2.43. The first-order valence-corrected chi connectivity index (χ1v) is 18.4. The van der Waals surface area contributed by atoms with Crippen molar-refractivity contribution in [1.82, 2.24) is 9.62 Å². The maximum Gasteiger partial charge on any atom is 0.335 e. The van der Waals surface area contributed by atoms with Crippen LogP contribution in [0.15, 0.2) is 69.3 Å². The Morgan fingerprint density at radius 2 is 1.62 bits per heavy atom. The third-order valence-corrected chi connectivity index (χ3v) is 13.3. The predicted molar refractivity (Wildman–Crippen MR) is 172 cm³/mol. The van der Waals surface area contributed by atoms with E-state index >= 15 is 0 Å². The number of halogens is 2. The Hall–Kier alpha value is -3.10. The Balaban J connectivity index is 1.21. The van der Waals surface area contributed by atoms with E-state index in [1.165, 1.54) is 24.3 Å². The van der Waals surface area contributed by atoms with Crippen molar-refractivity contribution < 1.29 is 31.1 Å². The summed E-state index contributed by atoms with van der Waals surface area (Å²) in [5.74, 6) is -1.70. The second-order valence-electron chi connectivity index (χ2n) is 11.8. The molecule has 1 saturated carbocycles. The Bertz CT molecular complexity index is 1910. The molecule has 0 amide bonds. The minimum absolute atomic E-state index is 0.0660. The van der Waals surface area contributed by atoms with Crippen molar-refractivity contribution in [3.63, 3.8) is 0 Å². The van der Waals surface area contributed by atoms with E-state index in [2.05, 4.69) is 10.0 Å². The monoisotopic (exact) mass is 691 g/mol. The lowest BCUT2D eigenvalue weighted by Crippen LogP contribution is -2.47. The first-order valence-electron chi connectivity index (χ1n) is 14.6. The molecule has 1 saturated heterocycles. The van der Waals surface area contributed by atoms with E-state index < -0.39 is 43.1 Å². The molecule has 6 rings (SSSR count). The highest BCUT2D eigenvalue weighted by atomic mass is 35.5. The van der Waals surface area contributed by atoms with E-state index in [1.807, 2.05) is 4.90 Å². The first kappa shape index (κ1) is 31.9. The number of piperidine rings is 1. The van der Waals surface area contributed by atoms with Gasteiger partial charge in [0.2, 0.25) is 19.9 Å². The largest absolute Gasteiger partial charge is 0.478 e. The van der Waals surface area contributed by atoms with Crippen molar-refractivity contribution in [3.8, 4) is 0 Å². The average Bonchev–Trinajstić information content (AvgIpc) is 3.01. The van der Waals surface area contributed by atoms with Crippen LogP contribution in [-0.4, -0.2) is 57.1 Å². The van der Waals surface area contributed by atoms with Gasteiger partial charge in [0.25, 0.3) is 0 Å². The molecule has 2 aliphatic heterocycles. The van der Waals surface area contributed by atoms with Gasteiger partial charge in [0.1, 0.15) is 10.7 Å². The Kier molecular flexibility index (Phi) is 8.44. The van der Waals surface area contributed by atoms with Crippen molar-refractivity contribution in [3.05, 3.63) is 82.1 Å². The maximum absolute atomic E-state index is 14.4. The zero-order valence-electron chi connectivity index (χ0n) is 24.1. The number of sulfonamides is 1. The first-order chi connectivity index (χ1) is 21.3. The summed E-state index contributed by atoms with van der Waals surface area (Å²) in [5.41, 5.74) is 1.10. The summed E-state index contributed by atoms with van der Waals surface area (Å²) in [6, 6.07) is 12.2. The Morgan fingerprint density at radius 3 is 2.27 bits per heavy atom. The number of carboxylic acids is 1. The number of rotatable bonds is 5. The van der Waals surface area contributed by atoms with Crippen LogP contribution in [0.25, 0.3) is 0 Å². The lowest BCUT2D eigenvalue weighted by molar-refractivity contribution is 0.0697. The zero-order chi connectivity index (χ0) is 32.1. The van der Waals surface area contributed by atoms with Gasteiger partial charge < -0.3 is 15.3 Å². The number of nitrogens with zero attached hydrogens (tertiary/aromatic N) is 1. The van der Waals surface area contributed by atoms with E-state index in [0.29, 0.717) is 60.7 Å². The highest BCUT2D eigenvalue weighted by Crippen LogP contribution is 2.54. The van der Waals surface area contributed by atoms with Gasteiger partial charge in [-0.25, -0.2) is 30.7 Å². The van der Waals surface area contributed by atoms with Gasteiger partial charge in [-0.2, -0.15) is 0 Å². The van der Waals surface area contributed by atoms with E-state index in [0.717, 1.165) is 31.4 Å². The van der Waals surface area contributed by atoms with Crippen LogP contribution in [0, 0.1) is 5.82 Å². The zero-order valence-corrected chi connectivity index (χ0v) is 27.3. The van der Waals surface area contributed by atoms with Gasteiger partial charge in [-0.1, -0.05) is 36.9 Å². The van der Waals surface area contributed by atoms with Gasteiger partial charge in [-0.05, 0) is 97.6 Å². The number of hydrogen-bond acceptors (Lipinski definition) is 6. The smallest absolute Gasteiger partial charge is 0.335 e. The number of nitrogens with one attached hydrogen (secondary N) is 2. The molecule has 0 atom stereocenters. The molecule has 0 radical (unpaired) electrons. The van der Waals surface area contributed by atoms with Gasteiger partial charge in [0.05, 0.1) is 20.4 Å². The molecule has 0 unspecified atom stereocenters. The fraction of sp³-hybridized carbons (Fsp3) is 0.355. The molecule has 0 aromatic heterocycles. The number of anilines is 1. The van der Waals surface area contributed by atoms with E-state index in [9.17, 15) is 26.0 Å². The Labute approximate surface area is 271 Å². The summed E-state index contributed by atoms with van der Waals surface area (Å²) in [4.78, 5) is 12.4. The number of carboxylic acid groups (broad SMARTS) is 1. The topological polar surface area (TPSA) is 133 Å². The molecule has 3 N–H and O–H groups in total. The van der Waals surface area contributed by atoms with Crippen molar-refractivity contribution in [2.45, 2.75) is 71.1 Å². The number of sulfone groups is 1. The number of hydrogen-bond donors (Lipinski definition) is 3. The van der Waals surface area contributed by atoms with Crippen LogP contribution in [0.4, 0.5) is 10.1 Å². The summed E-state index contributed by atoms with van der Waals surface area (Å²) in [6.45, 7) is 0.896. The molecule has 2 fully saturated rings. The molecular weight excluding hydrogens is 661 g/mol. The van der Waals surface area contributed by atoms with Gasteiger partial charge in [0.15, 0.2) is 5.11 Å². The van der Waals surface area contributed by atoms with Gasteiger partial charge in [-0.3, -0.25) is 0 Å². The molecule has 14 heteroatoms. The minimum atomic E-state index is -4.23. The second-order valence-corrected chi connectivity index (χ2v) is 16.1. The lowest BCUT2D eigenvalue weighted by atomic mass is 9.65. The molecule has 0 bridgehead atoms. The van der Waals surface area contributed by atoms with Crippen molar-refractivity contribution in [2.24, 2.45) is 0 Å². The quantitative estimate of drug-likeness (QED) is 0.288. The minimum Gasteiger partial charge on any atom is -0.478 e. The third-order valence-electron chi connectivity index (χ3n) is 9.07. The van der Waals surface area contributed by atoms with Crippen molar-refractivity contribution in [2.75, 3.05) is 18.4 Å². The normalized spacial score (nSPS) is 19.0. The summed E-state index contributed by atoms with van der Waals surface area (Å²) in [5, 5.41) is 12.5. The van der Waals surface area contributed by atoms with Gasteiger partial charge >= 0.3 is 5.97 Å². The predicted octanol–water partition coefficient (Wildman–Crippen LogP) is 5.71. The van der Waals surface area contributed by atoms with Crippen LogP contribution in [0.5, 0.6) is 0 Å². The van der Waals surface area contributed by atoms with E-state index in [-0.39, 0.29) is 25.3 Å². The Morgan fingerprint density at radius 1 is 0.978 bits per heavy atom. The van der Waals surface area contributed by atoms with Crippen LogP contribution in [0.1, 0.15) is 66.4 Å². The highest BCUT2D eigenvalue weighted by Gasteiger charge is 2.48. The van der Waals surface area contributed by atoms with Crippen LogP contribution in [0.3, 0.4) is 0 Å². The second kappa shape index (κ2) is 11.9. The third kappa shape index (κ3) is 5.85. The number of thiocarbonyl (C=S) groups is 1. The SMILES string of the molecule is O=C(O)c1ccc(NC(=S)N2CCC(NS(=O)(=O)c3cc4c(cc3Cl)C3(CCCCC3)c3ccc(F)cc3S4(=O)=O)CC2)cc1.